The average molecular weight is 401 g/mol. The molecule has 3 aromatic rings. The Kier molecular flexibility index (Phi) is 4.84. The number of hydrogen-bond donors (Lipinski definition) is 1. The number of rotatable bonds is 6. The van der Waals surface area contributed by atoms with Crippen molar-refractivity contribution in [2.75, 3.05) is 5.32 Å². The second-order valence-corrected chi connectivity index (χ2v) is 7.80. The van der Waals surface area contributed by atoms with Crippen LogP contribution < -0.4 is 5.32 Å². The summed E-state index contributed by atoms with van der Waals surface area (Å²) in [6, 6.07) is 9.96. The molecule has 28 heavy (non-hydrogen) atoms. The van der Waals surface area contributed by atoms with Gasteiger partial charge in [-0.2, -0.15) is 4.39 Å². The van der Waals surface area contributed by atoms with Gasteiger partial charge in [0.25, 0.3) is 0 Å². The van der Waals surface area contributed by atoms with Crippen molar-refractivity contribution in [3.05, 3.63) is 54.4 Å². The third-order valence-corrected chi connectivity index (χ3v) is 6.00. The second-order valence-electron chi connectivity index (χ2n) is 6.45. The first-order valence-electron chi connectivity index (χ1n) is 8.82. The van der Waals surface area contributed by atoms with Crippen molar-refractivity contribution in [3.8, 4) is 11.4 Å². The molecule has 0 radical (unpaired) electrons. The van der Waals surface area contributed by atoms with Crippen molar-refractivity contribution in [2.45, 2.75) is 36.2 Å². The van der Waals surface area contributed by atoms with E-state index in [4.69, 9.17) is 0 Å². The van der Waals surface area contributed by atoms with Crippen LogP contribution in [0.2, 0.25) is 0 Å². The lowest BCUT2D eigenvalue weighted by atomic mass is 10.2. The number of hydrogen-bond acceptors (Lipinski definition) is 5. The van der Waals surface area contributed by atoms with Gasteiger partial charge in [0, 0.05) is 24.5 Å². The number of amides is 1. The van der Waals surface area contributed by atoms with Gasteiger partial charge < -0.3 is 9.88 Å². The molecule has 4 rings (SSSR count). The van der Waals surface area contributed by atoms with Crippen LogP contribution in [0.4, 0.5) is 14.5 Å². The van der Waals surface area contributed by atoms with Gasteiger partial charge in [-0.05, 0) is 31.9 Å². The zero-order valence-electron chi connectivity index (χ0n) is 15.0. The number of para-hydroxylation sites is 1. The van der Waals surface area contributed by atoms with Gasteiger partial charge in [-0.15, -0.1) is 10.2 Å². The van der Waals surface area contributed by atoms with Gasteiger partial charge in [-0.1, -0.05) is 30.0 Å². The van der Waals surface area contributed by atoms with E-state index in [-0.39, 0.29) is 17.3 Å². The first-order chi connectivity index (χ1) is 13.5. The second kappa shape index (κ2) is 7.31. The molecule has 0 spiro atoms. The summed E-state index contributed by atoms with van der Waals surface area (Å²) in [4.78, 5) is 16.3. The molecule has 1 amide bonds. The predicted octanol–water partition coefficient (Wildman–Crippen LogP) is 3.90. The summed E-state index contributed by atoms with van der Waals surface area (Å²) in [5.41, 5.74) is 0.803. The van der Waals surface area contributed by atoms with Gasteiger partial charge in [0.05, 0.1) is 5.56 Å². The minimum atomic E-state index is -0.895. The van der Waals surface area contributed by atoms with Crippen molar-refractivity contribution >= 4 is 23.4 Å². The fraction of sp³-hybridized carbons (Fsp3) is 0.263. The van der Waals surface area contributed by atoms with E-state index < -0.39 is 16.5 Å². The fourth-order valence-corrected chi connectivity index (χ4v) is 4.06. The predicted molar refractivity (Wildman–Crippen MR) is 102 cm³/mol. The lowest BCUT2D eigenvalue weighted by Crippen LogP contribution is -2.27. The van der Waals surface area contributed by atoms with Gasteiger partial charge in [-0.25, -0.2) is 9.37 Å². The molecular formula is C19H17F2N5OS. The van der Waals surface area contributed by atoms with Crippen LogP contribution in [-0.4, -0.2) is 30.4 Å². The number of carbonyl (C=O) groups is 1. The van der Waals surface area contributed by atoms with E-state index in [0.717, 1.165) is 11.9 Å². The maximum atomic E-state index is 14.2. The number of thioether (sulfide) groups is 1. The van der Waals surface area contributed by atoms with E-state index in [2.05, 4.69) is 20.5 Å². The molecule has 0 atom stereocenters. The third kappa shape index (κ3) is 3.49. The highest BCUT2D eigenvalue weighted by Gasteiger charge is 2.52. The van der Waals surface area contributed by atoms with Gasteiger partial charge in [0.2, 0.25) is 11.9 Å². The molecule has 2 heterocycles. The van der Waals surface area contributed by atoms with Crippen LogP contribution in [0.15, 0.2) is 47.8 Å². The molecule has 0 aliphatic heterocycles. The maximum absolute atomic E-state index is 14.2. The van der Waals surface area contributed by atoms with Crippen molar-refractivity contribution in [1.29, 1.82) is 0 Å². The molecule has 0 unspecified atom stereocenters. The van der Waals surface area contributed by atoms with Crippen LogP contribution in [-0.2, 0) is 11.3 Å². The molecule has 1 N–H and O–H groups in total. The van der Waals surface area contributed by atoms with Crippen molar-refractivity contribution < 1.29 is 13.6 Å². The van der Waals surface area contributed by atoms with Gasteiger partial charge in [-0.3, -0.25) is 4.79 Å². The van der Waals surface area contributed by atoms with Crippen LogP contribution in [0.5, 0.6) is 0 Å². The van der Waals surface area contributed by atoms with Crippen LogP contribution in [0.25, 0.3) is 11.4 Å². The van der Waals surface area contributed by atoms with Crippen molar-refractivity contribution in [2.24, 2.45) is 0 Å². The highest BCUT2D eigenvalue weighted by atomic mass is 32.2. The molecule has 1 aliphatic rings. The highest BCUT2D eigenvalue weighted by molar-refractivity contribution is 8.01. The van der Waals surface area contributed by atoms with E-state index in [1.165, 1.54) is 11.8 Å². The Morgan fingerprint density at radius 2 is 2.00 bits per heavy atom. The van der Waals surface area contributed by atoms with Crippen LogP contribution in [0.1, 0.15) is 19.8 Å². The van der Waals surface area contributed by atoms with E-state index in [9.17, 15) is 13.6 Å². The number of anilines is 1. The Morgan fingerprint density at radius 1 is 1.25 bits per heavy atom. The minimum Gasteiger partial charge on any atom is -0.325 e. The Labute approximate surface area is 164 Å². The summed E-state index contributed by atoms with van der Waals surface area (Å²) in [7, 11) is 0. The van der Waals surface area contributed by atoms with E-state index in [1.807, 2.05) is 37.3 Å². The zero-order valence-corrected chi connectivity index (χ0v) is 15.8. The Morgan fingerprint density at radius 3 is 2.64 bits per heavy atom. The third-order valence-electron chi connectivity index (χ3n) is 4.53. The Hall–Kier alpha value is -2.81. The minimum absolute atomic E-state index is 0.0705. The van der Waals surface area contributed by atoms with Crippen LogP contribution in [0.3, 0.4) is 0 Å². The largest absolute Gasteiger partial charge is 0.325 e. The normalized spacial score (nSPS) is 14.7. The van der Waals surface area contributed by atoms with Gasteiger partial charge in [0.1, 0.15) is 10.6 Å². The topological polar surface area (TPSA) is 72.7 Å². The zero-order chi connectivity index (χ0) is 19.7. The maximum Gasteiger partial charge on any atom is 0.241 e. The number of halogens is 2. The standard InChI is InChI=1S/C19H17F2N5OS/c1-2-26-16(13-11-22-15(21)10-14(13)20)24-25-18(26)28-19(8-9-19)17(27)23-12-6-4-3-5-7-12/h3-7,10-11H,2,8-9H2,1H3,(H,23,27). The molecule has 1 fully saturated rings. The first-order valence-corrected chi connectivity index (χ1v) is 9.64. The number of nitrogens with one attached hydrogen (secondary N) is 1. The summed E-state index contributed by atoms with van der Waals surface area (Å²) in [6.07, 6.45) is 2.54. The number of benzene rings is 1. The van der Waals surface area contributed by atoms with Crippen molar-refractivity contribution in [3.63, 3.8) is 0 Å². The number of carbonyl (C=O) groups excluding carboxylic acids is 1. The molecular weight excluding hydrogens is 384 g/mol. The molecule has 144 valence electrons. The molecule has 1 aromatic carbocycles. The first kappa shape index (κ1) is 18.5. The monoisotopic (exact) mass is 401 g/mol. The molecule has 9 heteroatoms. The SMILES string of the molecule is CCn1c(SC2(C(=O)Nc3ccccc3)CC2)nnc1-c1cnc(F)cc1F. The van der Waals surface area contributed by atoms with E-state index in [0.29, 0.717) is 30.6 Å². The fourth-order valence-electron chi connectivity index (χ4n) is 2.85. The summed E-state index contributed by atoms with van der Waals surface area (Å²) >= 11 is 1.32. The average Bonchev–Trinajstić information content (AvgIpc) is 3.36. The lowest BCUT2D eigenvalue weighted by Gasteiger charge is -2.15. The smallest absolute Gasteiger partial charge is 0.241 e. The van der Waals surface area contributed by atoms with E-state index in [1.54, 1.807) is 4.57 Å². The van der Waals surface area contributed by atoms with Crippen LogP contribution in [0, 0.1) is 11.8 Å². The molecule has 2 aromatic heterocycles. The number of nitrogens with zero attached hydrogens (tertiary/aromatic N) is 4. The highest BCUT2D eigenvalue weighted by Crippen LogP contribution is 2.52. The van der Waals surface area contributed by atoms with E-state index >= 15 is 0 Å². The molecule has 1 aliphatic carbocycles. The summed E-state index contributed by atoms with van der Waals surface area (Å²) in [5, 5.41) is 11.7. The molecule has 1 saturated carbocycles. The number of aromatic nitrogens is 4. The molecule has 6 nitrogen and oxygen atoms in total. The summed E-state index contributed by atoms with van der Waals surface area (Å²) < 4.78 is 28.3. The quantitative estimate of drug-likeness (QED) is 0.634. The molecule has 0 bridgehead atoms. The Balaban J connectivity index is 1.58. The summed E-state index contributed by atoms with van der Waals surface area (Å²) in [5.74, 6) is -1.48. The van der Waals surface area contributed by atoms with Gasteiger partial charge in [0.15, 0.2) is 11.0 Å². The lowest BCUT2D eigenvalue weighted by molar-refractivity contribution is -0.116. The van der Waals surface area contributed by atoms with Gasteiger partial charge >= 0.3 is 0 Å². The van der Waals surface area contributed by atoms with Crippen LogP contribution >= 0.6 is 11.8 Å². The van der Waals surface area contributed by atoms with Crippen molar-refractivity contribution in [1.82, 2.24) is 19.7 Å². The molecule has 0 saturated heterocycles. The number of pyridine rings is 1. The summed E-state index contributed by atoms with van der Waals surface area (Å²) in [6.45, 7) is 2.34. The Bertz CT molecular complexity index is 1020.